The van der Waals surface area contributed by atoms with Crippen LogP contribution in [-0.4, -0.2) is 26.4 Å². The molecule has 128 valence electrons. The van der Waals surface area contributed by atoms with E-state index in [1.807, 2.05) is 0 Å². The maximum absolute atomic E-state index is 12.6. The average molecular weight is 376 g/mol. The number of sulfonamides is 1. The molecule has 0 unspecified atom stereocenters. The van der Waals surface area contributed by atoms with E-state index >= 15 is 0 Å². The normalized spacial score (nSPS) is 11.3. The Labute approximate surface area is 149 Å². The van der Waals surface area contributed by atoms with Crippen molar-refractivity contribution in [3.05, 3.63) is 65.3 Å². The number of benzene rings is 2. The minimum atomic E-state index is -3.85. The van der Waals surface area contributed by atoms with Crippen LogP contribution < -0.4 is 10.0 Å². The molecule has 0 bridgehead atoms. The second-order valence-corrected chi connectivity index (χ2v) is 7.36. The first kappa shape index (κ1) is 17.2. The topological polar surface area (TPSA) is 88.2 Å². The quantitative estimate of drug-likeness (QED) is 0.733. The lowest BCUT2D eigenvalue weighted by Gasteiger charge is -2.11. The molecule has 0 aliphatic carbocycles. The van der Waals surface area contributed by atoms with E-state index in [-0.39, 0.29) is 10.8 Å². The van der Waals surface area contributed by atoms with Gasteiger partial charge in [-0.05, 0) is 42.5 Å². The summed E-state index contributed by atoms with van der Waals surface area (Å²) in [7, 11) is -2.35. The highest BCUT2D eigenvalue weighted by atomic mass is 35.5. The number of anilines is 1. The van der Waals surface area contributed by atoms with Crippen molar-refractivity contribution in [3.63, 3.8) is 0 Å². The number of nitrogens with zero attached hydrogens (tertiary/aromatic N) is 1. The molecule has 0 atom stereocenters. The summed E-state index contributed by atoms with van der Waals surface area (Å²) in [5.74, 6) is -0.290. The highest BCUT2D eigenvalue weighted by Crippen LogP contribution is 2.28. The van der Waals surface area contributed by atoms with Crippen LogP contribution in [0.4, 0.5) is 5.69 Å². The van der Waals surface area contributed by atoms with Crippen molar-refractivity contribution in [2.75, 3.05) is 11.8 Å². The van der Waals surface area contributed by atoms with Crippen LogP contribution in [0.3, 0.4) is 0 Å². The van der Waals surface area contributed by atoms with Crippen molar-refractivity contribution in [1.82, 2.24) is 10.3 Å². The van der Waals surface area contributed by atoms with E-state index in [1.165, 1.54) is 37.4 Å². The first-order valence-corrected chi connectivity index (χ1v) is 9.16. The highest BCUT2D eigenvalue weighted by molar-refractivity contribution is 7.92. The van der Waals surface area contributed by atoms with Gasteiger partial charge in [-0.25, -0.2) is 8.42 Å². The molecule has 0 saturated carbocycles. The summed E-state index contributed by atoms with van der Waals surface area (Å²) < 4.78 is 27.8. The monoisotopic (exact) mass is 375 g/mol. The van der Waals surface area contributed by atoms with Gasteiger partial charge in [0.25, 0.3) is 15.9 Å². The third-order valence-corrected chi connectivity index (χ3v) is 5.17. The van der Waals surface area contributed by atoms with Crippen LogP contribution in [0.5, 0.6) is 0 Å². The largest absolute Gasteiger partial charge is 0.355 e. The van der Waals surface area contributed by atoms with E-state index in [1.54, 1.807) is 24.4 Å². The Kier molecular flexibility index (Phi) is 4.61. The number of carbonyl (C=O) groups is 1. The second kappa shape index (κ2) is 6.70. The summed E-state index contributed by atoms with van der Waals surface area (Å²) >= 11 is 6.06. The molecule has 3 aromatic rings. The first-order valence-electron chi connectivity index (χ1n) is 7.30. The Morgan fingerprint density at radius 3 is 2.52 bits per heavy atom. The van der Waals surface area contributed by atoms with Gasteiger partial charge >= 0.3 is 0 Å². The molecule has 3 rings (SSSR count). The number of amides is 1. The zero-order valence-corrected chi connectivity index (χ0v) is 14.7. The Morgan fingerprint density at radius 2 is 1.84 bits per heavy atom. The summed E-state index contributed by atoms with van der Waals surface area (Å²) in [6, 6.07) is 12.4. The number of hydrogen-bond acceptors (Lipinski definition) is 4. The third kappa shape index (κ3) is 3.57. The third-order valence-electron chi connectivity index (χ3n) is 3.57. The molecule has 0 fully saturated rings. The molecule has 1 heterocycles. The van der Waals surface area contributed by atoms with Crippen LogP contribution in [-0.2, 0) is 10.0 Å². The van der Waals surface area contributed by atoms with E-state index < -0.39 is 10.0 Å². The van der Waals surface area contributed by atoms with Crippen molar-refractivity contribution in [2.24, 2.45) is 0 Å². The average Bonchev–Trinajstić information content (AvgIpc) is 2.60. The maximum atomic E-state index is 12.6. The van der Waals surface area contributed by atoms with Gasteiger partial charge in [0.05, 0.1) is 16.1 Å². The molecule has 0 aliphatic heterocycles. The molecule has 25 heavy (non-hydrogen) atoms. The van der Waals surface area contributed by atoms with Crippen molar-refractivity contribution in [1.29, 1.82) is 0 Å². The molecule has 2 aromatic carbocycles. The van der Waals surface area contributed by atoms with Crippen LogP contribution in [0.15, 0.2) is 59.6 Å². The van der Waals surface area contributed by atoms with Crippen molar-refractivity contribution in [3.8, 4) is 0 Å². The molecule has 8 heteroatoms. The second-order valence-electron chi connectivity index (χ2n) is 5.24. The van der Waals surface area contributed by atoms with Gasteiger partial charge in [-0.3, -0.25) is 14.5 Å². The van der Waals surface area contributed by atoms with Crippen molar-refractivity contribution < 1.29 is 13.2 Å². The Bertz CT molecular complexity index is 1050. The number of nitrogens with one attached hydrogen (secondary N) is 2. The van der Waals surface area contributed by atoms with Gasteiger partial charge in [0.1, 0.15) is 0 Å². The fourth-order valence-corrected chi connectivity index (χ4v) is 3.65. The molecule has 0 aliphatic rings. The molecule has 0 spiro atoms. The number of aromatic nitrogens is 1. The number of hydrogen-bond donors (Lipinski definition) is 2. The summed E-state index contributed by atoms with van der Waals surface area (Å²) in [6.07, 6.45) is 1.58. The Hall–Kier alpha value is -2.64. The number of fused-ring (bicyclic) bond motifs is 1. The molecule has 0 saturated heterocycles. The number of carbonyl (C=O) groups excluding carboxylic acids is 1. The number of halogens is 1. The molecule has 1 amide bonds. The van der Waals surface area contributed by atoms with Crippen molar-refractivity contribution >= 4 is 44.1 Å². The van der Waals surface area contributed by atoms with Crippen LogP contribution in [0, 0.1) is 0 Å². The minimum absolute atomic E-state index is 0.0317. The molecular weight excluding hydrogens is 362 g/mol. The van der Waals surface area contributed by atoms with E-state index in [0.717, 1.165) is 5.39 Å². The molecular formula is C17H14ClN3O3S. The molecule has 6 nitrogen and oxygen atoms in total. The maximum Gasteiger partial charge on any atom is 0.261 e. The number of pyridine rings is 1. The van der Waals surface area contributed by atoms with Crippen LogP contribution >= 0.6 is 11.6 Å². The molecule has 1 aromatic heterocycles. The zero-order chi connectivity index (χ0) is 18.0. The van der Waals surface area contributed by atoms with Gasteiger partial charge in [-0.15, -0.1) is 0 Å². The lowest BCUT2D eigenvalue weighted by molar-refractivity contribution is 0.0963. The highest BCUT2D eigenvalue weighted by Gasteiger charge is 2.17. The zero-order valence-electron chi connectivity index (χ0n) is 13.2. The number of rotatable bonds is 4. The van der Waals surface area contributed by atoms with Crippen LogP contribution in [0.2, 0.25) is 5.02 Å². The molecule has 0 radical (unpaired) electrons. The summed E-state index contributed by atoms with van der Waals surface area (Å²) in [6.45, 7) is 0. The standard InChI is InChI=1S/C17H14ClN3O3S/c1-19-17(22)11-4-6-14(7-5-11)25(23,24)21-15-10-13(18)9-12-3-2-8-20-16(12)15/h2-10,21H,1H3,(H,19,22). The van der Waals surface area contributed by atoms with Gasteiger partial charge < -0.3 is 5.32 Å². The van der Waals surface area contributed by atoms with Crippen LogP contribution in [0.25, 0.3) is 10.9 Å². The summed E-state index contributed by atoms with van der Waals surface area (Å²) in [5, 5.41) is 3.60. The fourth-order valence-electron chi connectivity index (χ4n) is 2.37. The van der Waals surface area contributed by atoms with E-state index in [4.69, 9.17) is 11.6 Å². The lowest BCUT2D eigenvalue weighted by atomic mass is 10.2. The summed E-state index contributed by atoms with van der Waals surface area (Å²) in [4.78, 5) is 15.8. The molecule has 2 N–H and O–H groups in total. The predicted octanol–water partition coefficient (Wildman–Crippen LogP) is 3.05. The van der Waals surface area contributed by atoms with Gasteiger partial charge in [0, 0.05) is 29.2 Å². The lowest BCUT2D eigenvalue weighted by Crippen LogP contribution is -2.18. The SMILES string of the molecule is CNC(=O)c1ccc(S(=O)(=O)Nc2cc(Cl)cc3cccnc23)cc1. The van der Waals surface area contributed by atoms with Gasteiger partial charge in [-0.2, -0.15) is 0 Å². The van der Waals surface area contributed by atoms with Gasteiger partial charge in [0.2, 0.25) is 0 Å². The van der Waals surface area contributed by atoms with E-state index in [2.05, 4.69) is 15.0 Å². The van der Waals surface area contributed by atoms with Crippen molar-refractivity contribution in [2.45, 2.75) is 4.90 Å². The van der Waals surface area contributed by atoms with E-state index in [9.17, 15) is 13.2 Å². The van der Waals surface area contributed by atoms with Gasteiger partial charge in [0.15, 0.2) is 0 Å². The summed E-state index contributed by atoms with van der Waals surface area (Å²) in [5.41, 5.74) is 1.16. The van der Waals surface area contributed by atoms with Gasteiger partial charge in [-0.1, -0.05) is 17.7 Å². The Morgan fingerprint density at radius 1 is 1.12 bits per heavy atom. The predicted molar refractivity (Wildman–Crippen MR) is 97.4 cm³/mol. The van der Waals surface area contributed by atoms with Crippen LogP contribution in [0.1, 0.15) is 10.4 Å². The van der Waals surface area contributed by atoms with E-state index in [0.29, 0.717) is 21.8 Å². The fraction of sp³-hybridized carbons (Fsp3) is 0.0588. The Balaban J connectivity index is 1.98. The minimum Gasteiger partial charge on any atom is -0.355 e. The first-order chi connectivity index (χ1) is 11.9. The smallest absolute Gasteiger partial charge is 0.261 e.